The zero-order chi connectivity index (χ0) is 45.1. The lowest BCUT2D eigenvalue weighted by molar-refractivity contribution is -0.145. The first-order valence-corrected chi connectivity index (χ1v) is 27.2. The Balaban J connectivity index is 4.66. The van der Waals surface area contributed by atoms with Crippen LogP contribution < -0.4 is 0 Å². The van der Waals surface area contributed by atoms with Gasteiger partial charge in [0.05, 0.1) is 6.61 Å². The molecule has 3 nitrogen and oxygen atoms in total. The molecule has 0 saturated carbocycles. The van der Waals surface area contributed by atoms with Crippen LogP contribution in [0, 0.1) is 11.8 Å². The molecule has 0 fully saturated rings. The Bertz CT molecular complexity index is 1080. The summed E-state index contributed by atoms with van der Waals surface area (Å²) in [6.45, 7) is 8.55. The first-order chi connectivity index (χ1) is 30.5. The molecule has 62 heavy (non-hydrogen) atoms. The number of unbranched alkanes of at least 4 members (excludes halogenated alkanes) is 24. The molecule has 0 aromatic rings. The third-order valence-corrected chi connectivity index (χ3v) is 12.2. The SMILES string of the molecule is CCCCC/C=C\C/C=C\CCCCCCCCC(COC(=O)CCCCCCC/C=C\C/C=C\CCCCC)CC(CCCCCC/C=C\C/C=C\CCCCC)CN(C)C. The molecule has 0 N–H and O–H groups in total. The summed E-state index contributed by atoms with van der Waals surface area (Å²) in [5.41, 5.74) is 0. The molecule has 0 amide bonds. The van der Waals surface area contributed by atoms with Crippen molar-refractivity contribution in [3.63, 3.8) is 0 Å². The summed E-state index contributed by atoms with van der Waals surface area (Å²) in [5.74, 6) is 1.17. The second-order valence-corrected chi connectivity index (χ2v) is 18.9. The molecular formula is C59H107NO2. The highest BCUT2D eigenvalue weighted by Crippen LogP contribution is 2.25. The minimum Gasteiger partial charge on any atom is -0.465 e. The van der Waals surface area contributed by atoms with Gasteiger partial charge in [0.1, 0.15) is 0 Å². The summed E-state index contributed by atoms with van der Waals surface area (Å²) in [5, 5.41) is 0. The van der Waals surface area contributed by atoms with E-state index in [4.69, 9.17) is 4.74 Å². The number of nitrogens with zero attached hydrogens (tertiary/aromatic N) is 1. The van der Waals surface area contributed by atoms with Gasteiger partial charge in [-0.05, 0) is 148 Å². The third-order valence-electron chi connectivity index (χ3n) is 12.2. The molecule has 2 unspecified atom stereocenters. The van der Waals surface area contributed by atoms with Crippen molar-refractivity contribution in [2.45, 2.75) is 258 Å². The predicted octanol–water partition coefficient (Wildman–Crippen LogP) is 19.2. The number of hydrogen-bond acceptors (Lipinski definition) is 3. The molecule has 0 rings (SSSR count). The fraction of sp³-hybridized carbons (Fsp3) is 0.780. The standard InChI is InChI=1S/C59H107NO2/c1-6-9-12-15-18-21-24-27-30-32-34-37-40-43-46-49-52-58(56-62-59(61)53-50-47-44-41-38-35-31-28-25-22-19-16-13-10-7-2)54-57(55-60(4)5)51-48-45-42-39-36-33-29-26-23-20-17-14-11-8-3/h18-23,27-31,33,57-58H,6-17,24-26,32,34-56H2,1-5H3/b21-18-,22-19-,23-20-,30-27-,31-28-,33-29-. The summed E-state index contributed by atoms with van der Waals surface area (Å²) in [7, 11) is 4.45. The van der Waals surface area contributed by atoms with Crippen LogP contribution in [0.1, 0.15) is 258 Å². The maximum atomic E-state index is 12.9. The third kappa shape index (κ3) is 48.9. The lowest BCUT2D eigenvalue weighted by atomic mass is 9.87. The van der Waals surface area contributed by atoms with Gasteiger partial charge in [-0.3, -0.25) is 4.79 Å². The Morgan fingerprint density at radius 2 is 0.726 bits per heavy atom. The largest absolute Gasteiger partial charge is 0.465 e. The van der Waals surface area contributed by atoms with Crippen molar-refractivity contribution in [3.8, 4) is 0 Å². The van der Waals surface area contributed by atoms with E-state index in [1.54, 1.807) is 0 Å². The van der Waals surface area contributed by atoms with Gasteiger partial charge >= 0.3 is 5.97 Å². The molecule has 0 bridgehead atoms. The molecule has 0 aliphatic carbocycles. The van der Waals surface area contributed by atoms with Crippen molar-refractivity contribution >= 4 is 5.97 Å². The molecule has 0 aromatic carbocycles. The second-order valence-electron chi connectivity index (χ2n) is 18.9. The monoisotopic (exact) mass is 862 g/mol. The maximum Gasteiger partial charge on any atom is 0.305 e. The van der Waals surface area contributed by atoms with Crippen LogP contribution in [0.15, 0.2) is 72.9 Å². The normalized spacial score (nSPS) is 13.5. The average Bonchev–Trinajstić information content (AvgIpc) is 3.26. The first-order valence-electron chi connectivity index (χ1n) is 27.2. The fourth-order valence-corrected chi connectivity index (χ4v) is 8.39. The number of ether oxygens (including phenoxy) is 1. The number of carbonyl (C=O) groups is 1. The Labute approximate surface area is 389 Å². The van der Waals surface area contributed by atoms with Gasteiger partial charge in [0.2, 0.25) is 0 Å². The fourth-order valence-electron chi connectivity index (χ4n) is 8.39. The van der Waals surface area contributed by atoms with Crippen LogP contribution in [0.5, 0.6) is 0 Å². The summed E-state index contributed by atoms with van der Waals surface area (Å²) < 4.78 is 6.05. The van der Waals surface area contributed by atoms with Crippen LogP contribution in [-0.4, -0.2) is 38.1 Å². The highest BCUT2D eigenvalue weighted by molar-refractivity contribution is 5.69. The van der Waals surface area contributed by atoms with E-state index in [0.29, 0.717) is 24.9 Å². The summed E-state index contributed by atoms with van der Waals surface area (Å²) >= 11 is 0. The molecule has 360 valence electrons. The Kier molecular flexibility index (Phi) is 49.7. The molecule has 0 aliphatic rings. The van der Waals surface area contributed by atoms with E-state index >= 15 is 0 Å². The zero-order valence-corrected chi connectivity index (χ0v) is 42.4. The molecular weight excluding hydrogens is 755 g/mol. The smallest absolute Gasteiger partial charge is 0.305 e. The minimum atomic E-state index is 0.0268. The first kappa shape index (κ1) is 59.9. The van der Waals surface area contributed by atoms with Gasteiger partial charge in [-0.25, -0.2) is 0 Å². The maximum absolute atomic E-state index is 12.9. The van der Waals surface area contributed by atoms with E-state index in [1.165, 1.54) is 199 Å². The van der Waals surface area contributed by atoms with E-state index in [1.807, 2.05) is 0 Å². The molecule has 2 atom stereocenters. The van der Waals surface area contributed by atoms with Gasteiger partial charge in [-0.2, -0.15) is 0 Å². The van der Waals surface area contributed by atoms with Crippen LogP contribution in [0.2, 0.25) is 0 Å². The van der Waals surface area contributed by atoms with Gasteiger partial charge in [-0.1, -0.05) is 203 Å². The van der Waals surface area contributed by atoms with Crippen molar-refractivity contribution in [1.29, 1.82) is 0 Å². The van der Waals surface area contributed by atoms with Gasteiger partial charge in [0, 0.05) is 13.0 Å². The van der Waals surface area contributed by atoms with E-state index in [-0.39, 0.29) is 5.97 Å². The van der Waals surface area contributed by atoms with Crippen molar-refractivity contribution in [2.24, 2.45) is 11.8 Å². The van der Waals surface area contributed by atoms with E-state index in [2.05, 4.69) is 113 Å². The number of hydrogen-bond donors (Lipinski definition) is 0. The van der Waals surface area contributed by atoms with Crippen molar-refractivity contribution in [1.82, 2.24) is 4.90 Å². The van der Waals surface area contributed by atoms with E-state index < -0.39 is 0 Å². The average molecular weight is 863 g/mol. The lowest BCUT2D eigenvalue weighted by Crippen LogP contribution is -2.26. The summed E-state index contributed by atoms with van der Waals surface area (Å²) in [6, 6.07) is 0. The Morgan fingerprint density at radius 1 is 0.403 bits per heavy atom. The Hall–Kier alpha value is -2.13. The predicted molar refractivity (Wildman–Crippen MR) is 279 cm³/mol. The highest BCUT2D eigenvalue weighted by Gasteiger charge is 2.19. The van der Waals surface area contributed by atoms with Gasteiger partial charge < -0.3 is 9.64 Å². The minimum absolute atomic E-state index is 0.0268. The van der Waals surface area contributed by atoms with Crippen LogP contribution in [0.4, 0.5) is 0 Å². The van der Waals surface area contributed by atoms with E-state index in [9.17, 15) is 4.79 Å². The highest BCUT2D eigenvalue weighted by atomic mass is 16.5. The molecule has 0 saturated heterocycles. The second kappa shape index (κ2) is 51.5. The van der Waals surface area contributed by atoms with Crippen molar-refractivity contribution in [2.75, 3.05) is 27.2 Å². The zero-order valence-electron chi connectivity index (χ0n) is 42.4. The van der Waals surface area contributed by atoms with Crippen LogP contribution >= 0.6 is 0 Å². The number of allylic oxidation sites excluding steroid dienone is 12. The van der Waals surface area contributed by atoms with Crippen molar-refractivity contribution in [3.05, 3.63) is 72.9 Å². The number of rotatable bonds is 48. The van der Waals surface area contributed by atoms with Gasteiger partial charge in [-0.15, -0.1) is 0 Å². The van der Waals surface area contributed by atoms with Crippen LogP contribution in [0.3, 0.4) is 0 Å². The summed E-state index contributed by atoms with van der Waals surface area (Å²) in [6.07, 6.45) is 73.8. The topological polar surface area (TPSA) is 29.5 Å². The molecule has 0 aliphatic heterocycles. The van der Waals surface area contributed by atoms with Gasteiger partial charge in [0.15, 0.2) is 0 Å². The Morgan fingerprint density at radius 3 is 1.10 bits per heavy atom. The quantitative estimate of drug-likeness (QED) is 0.0347. The molecule has 0 heterocycles. The summed E-state index contributed by atoms with van der Waals surface area (Å²) in [4.78, 5) is 15.3. The van der Waals surface area contributed by atoms with E-state index in [0.717, 1.165) is 38.6 Å². The molecule has 0 aromatic heterocycles. The lowest BCUT2D eigenvalue weighted by Gasteiger charge is -2.26. The molecule has 0 radical (unpaired) electrons. The number of carbonyl (C=O) groups excluding carboxylic acids is 1. The van der Waals surface area contributed by atoms with Crippen LogP contribution in [0.25, 0.3) is 0 Å². The van der Waals surface area contributed by atoms with Crippen LogP contribution in [-0.2, 0) is 9.53 Å². The van der Waals surface area contributed by atoms with Crippen molar-refractivity contribution < 1.29 is 9.53 Å². The molecule has 3 heteroatoms. The molecule has 0 spiro atoms. The van der Waals surface area contributed by atoms with Gasteiger partial charge in [0.25, 0.3) is 0 Å². The number of esters is 1.